The maximum Gasteiger partial charge on any atom is 0.372 e. The molecule has 0 fully saturated rings. The minimum Gasteiger partial charge on any atom is -0.475 e. The van der Waals surface area contributed by atoms with E-state index in [2.05, 4.69) is 13.8 Å². The molecule has 1 atom stereocenters. The van der Waals surface area contributed by atoms with Crippen LogP contribution in [0.1, 0.15) is 66.2 Å². The second kappa shape index (κ2) is 6.97. The molecule has 0 aliphatic rings. The number of rotatable bonds is 8. The molecule has 0 spiro atoms. The predicted octanol–water partition coefficient (Wildman–Crippen LogP) is 3.43. The van der Waals surface area contributed by atoms with E-state index < -0.39 is 11.9 Å². The third kappa shape index (κ3) is 4.12. The molecule has 0 saturated heterocycles. The van der Waals surface area contributed by atoms with Gasteiger partial charge < -0.3 is 14.6 Å². The molecular formula is C14H20O5. The van der Waals surface area contributed by atoms with Crippen LogP contribution in [0, 0.1) is 5.92 Å². The molecule has 5 nitrogen and oxygen atoms in total. The summed E-state index contributed by atoms with van der Waals surface area (Å²) in [6, 6.07) is 1.33. The van der Waals surface area contributed by atoms with Crippen LogP contribution in [0.3, 0.4) is 0 Å². The zero-order valence-electron chi connectivity index (χ0n) is 11.3. The molecule has 1 aromatic heterocycles. The summed E-state index contributed by atoms with van der Waals surface area (Å²) in [4.78, 5) is 21.9. The first-order valence-corrected chi connectivity index (χ1v) is 6.58. The Balaban J connectivity index is 2.91. The lowest BCUT2D eigenvalue weighted by atomic mass is 9.92. The summed E-state index contributed by atoms with van der Waals surface area (Å²) in [5.41, 5.74) is 0.479. The average Bonchev–Trinajstić information content (AvgIpc) is 2.78. The Morgan fingerprint density at radius 2 is 1.95 bits per heavy atom. The maximum absolute atomic E-state index is 11.1. The van der Waals surface area contributed by atoms with Gasteiger partial charge in [0.05, 0.1) is 0 Å². The van der Waals surface area contributed by atoms with Gasteiger partial charge in [-0.15, -0.1) is 0 Å². The summed E-state index contributed by atoms with van der Waals surface area (Å²) in [6.07, 6.45) is 4.68. The van der Waals surface area contributed by atoms with Crippen LogP contribution in [0.15, 0.2) is 10.5 Å². The minimum atomic E-state index is -1.24. The molecule has 2 N–H and O–H groups in total. The van der Waals surface area contributed by atoms with E-state index >= 15 is 0 Å². The Bertz CT molecular complexity index is 447. The first kappa shape index (κ1) is 15.3. The standard InChI is InChI=1S/C14H20O5/c1-3-5-6-9(4-2)7-10-8-11(13(15)16)19-12(10)14(17)18/h8-9H,3-7H2,1-2H3,(H,15,16)(H,17,18). The van der Waals surface area contributed by atoms with Gasteiger partial charge >= 0.3 is 11.9 Å². The molecule has 1 aromatic rings. The molecule has 0 aromatic carbocycles. The number of furan rings is 1. The highest BCUT2D eigenvalue weighted by Crippen LogP contribution is 2.24. The predicted molar refractivity (Wildman–Crippen MR) is 69.6 cm³/mol. The van der Waals surface area contributed by atoms with Crippen molar-refractivity contribution < 1.29 is 24.2 Å². The number of unbranched alkanes of at least 4 members (excludes halogenated alkanes) is 1. The van der Waals surface area contributed by atoms with Crippen molar-refractivity contribution in [3.63, 3.8) is 0 Å². The lowest BCUT2D eigenvalue weighted by molar-refractivity contribution is 0.0631. The van der Waals surface area contributed by atoms with E-state index in [0.717, 1.165) is 25.7 Å². The number of carboxylic acid groups (broad SMARTS) is 2. The van der Waals surface area contributed by atoms with Crippen LogP contribution >= 0.6 is 0 Å². The van der Waals surface area contributed by atoms with Crippen molar-refractivity contribution in [1.29, 1.82) is 0 Å². The zero-order valence-corrected chi connectivity index (χ0v) is 11.3. The maximum atomic E-state index is 11.1. The Morgan fingerprint density at radius 1 is 1.26 bits per heavy atom. The van der Waals surface area contributed by atoms with Crippen molar-refractivity contribution >= 4 is 11.9 Å². The quantitative estimate of drug-likeness (QED) is 0.754. The number of carboxylic acids is 2. The van der Waals surface area contributed by atoms with E-state index in [9.17, 15) is 9.59 Å². The fraction of sp³-hybridized carbons (Fsp3) is 0.571. The summed E-state index contributed by atoms with van der Waals surface area (Å²) in [5, 5.41) is 17.9. The molecule has 0 aliphatic heterocycles. The van der Waals surface area contributed by atoms with Crippen LogP contribution in [0.2, 0.25) is 0 Å². The molecule has 1 unspecified atom stereocenters. The first-order chi connectivity index (χ1) is 8.99. The van der Waals surface area contributed by atoms with Gasteiger partial charge in [0, 0.05) is 5.56 Å². The number of carbonyl (C=O) groups is 2. The summed E-state index contributed by atoms with van der Waals surface area (Å²) in [7, 11) is 0. The molecule has 1 heterocycles. The molecule has 106 valence electrons. The van der Waals surface area contributed by atoms with Crippen molar-refractivity contribution in [2.24, 2.45) is 5.92 Å². The lowest BCUT2D eigenvalue weighted by Gasteiger charge is -2.13. The largest absolute Gasteiger partial charge is 0.475 e. The summed E-state index contributed by atoms with van der Waals surface area (Å²) >= 11 is 0. The first-order valence-electron chi connectivity index (χ1n) is 6.58. The van der Waals surface area contributed by atoms with E-state index in [0.29, 0.717) is 17.9 Å². The Morgan fingerprint density at radius 3 is 2.42 bits per heavy atom. The molecule has 0 bridgehead atoms. The number of aromatic carboxylic acids is 2. The highest BCUT2D eigenvalue weighted by Gasteiger charge is 2.22. The second-order valence-corrected chi connectivity index (χ2v) is 4.70. The fourth-order valence-corrected chi connectivity index (χ4v) is 2.12. The fourth-order valence-electron chi connectivity index (χ4n) is 2.12. The van der Waals surface area contributed by atoms with Crippen molar-refractivity contribution in [2.45, 2.75) is 46.0 Å². The van der Waals surface area contributed by atoms with Gasteiger partial charge in [0.25, 0.3) is 0 Å². The molecular weight excluding hydrogens is 248 g/mol. The highest BCUT2D eigenvalue weighted by molar-refractivity contribution is 5.90. The summed E-state index contributed by atoms with van der Waals surface area (Å²) in [6.45, 7) is 4.16. The molecule has 0 aliphatic carbocycles. The van der Waals surface area contributed by atoms with Crippen molar-refractivity contribution in [3.8, 4) is 0 Å². The third-order valence-corrected chi connectivity index (χ3v) is 3.27. The SMILES string of the molecule is CCCCC(CC)Cc1cc(C(=O)O)oc1C(=O)O. The van der Waals surface area contributed by atoms with Gasteiger partial charge in [-0.1, -0.05) is 39.5 Å². The van der Waals surface area contributed by atoms with Crippen LogP contribution in [0.25, 0.3) is 0 Å². The molecule has 19 heavy (non-hydrogen) atoms. The summed E-state index contributed by atoms with van der Waals surface area (Å²) in [5.74, 6) is -2.65. The lowest BCUT2D eigenvalue weighted by Crippen LogP contribution is -2.06. The smallest absolute Gasteiger partial charge is 0.372 e. The Labute approximate surface area is 112 Å². The van der Waals surface area contributed by atoms with Gasteiger partial charge in [0.1, 0.15) is 0 Å². The van der Waals surface area contributed by atoms with E-state index in [4.69, 9.17) is 14.6 Å². The van der Waals surface area contributed by atoms with Crippen LogP contribution in [-0.2, 0) is 6.42 Å². The van der Waals surface area contributed by atoms with Gasteiger partial charge in [-0.2, -0.15) is 0 Å². The number of hydrogen-bond acceptors (Lipinski definition) is 3. The Hall–Kier alpha value is -1.78. The normalized spacial score (nSPS) is 12.3. The minimum absolute atomic E-state index is 0.243. The van der Waals surface area contributed by atoms with Crippen molar-refractivity contribution in [3.05, 3.63) is 23.2 Å². The average molecular weight is 268 g/mol. The third-order valence-electron chi connectivity index (χ3n) is 3.27. The van der Waals surface area contributed by atoms with Crippen molar-refractivity contribution in [1.82, 2.24) is 0 Å². The number of hydrogen-bond donors (Lipinski definition) is 2. The topological polar surface area (TPSA) is 87.7 Å². The van der Waals surface area contributed by atoms with E-state index in [1.54, 1.807) is 0 Å². The van der Waals surface area contributed by atoms with Gasteiger partial charge in [-0.05, 0) is 18.4 Å². The van der Waals surface area contributed by atoms with Crippen LogP contribution in [0.4, 0.5) is 0 Å². The Kier molecular flexibility index (Phi) is 5.60. The van der Waals surface area contributed by atoms with E-state index in [1.165, 1.54) is 6.07 Å². The molecule has 1 rings (SSSR count). The molecule has 0 radical (unpaired) electrons. The van der Waals surface area contributed by atoms with Crippen LogP contribution in [-0.4, -0.2) is 22.2 Å². The monoisotopic (exact) mass is 268 g/mol. The summed E-state index contributed by atoms with van der Waals surface area (Å²) < 4.78 is 4.89. The van der Waals surface area contributed by atoms with E-state index in [1.807, 2.05) is 0 Å². The molecule has 5 heteroatoms. The van der Waals surface area contributed by atoms with Gasteiger partial charge in [-0.3, -0.25) is 0 Å². The van der Waals surface area contributed by atoms with Gasteiger partial charge in [0.2, 0.25) is 11.5 Å². The highest BCUT2D eigenvalue weighted by atomic mass is 16.4. The molecule has 0 amide bonds. The van der Waals surface area contributed by atoms with Gasteiger partial charge in [0.15, 0.2) is 0 Å². The second-order valence-electron chi connectivity index (χ2n) is 4.70. The van der Waals surface area contributed by atoms with Gasteiger partial charge in [-0.25, -0.2) is 9.59 Å². The molecule has 0 saturated carbocycles. The zero-order chi connectivity index (χ0) is 14.4. The van der Waals surface area contributed by atoms with E-state index in [-0.39, 0.29) is 11.5 Å². The van der Waals surface area contributed by atoms with Crippen LogP contribution in [0.5, 0.6) is 0 Å². The van der Waals surface area contributed by atoms with Crippen LogP contribution < -0.4 is 0 Å². The van der Waals surface area contributed by atoms with Crippen molar-refractivity contribution in [2.75, 3.05) is 0 Å².